The molecule has 1 heterocycles. The van der Waals surface area contributed by atoms with Gasteiger partial charge >= 0.3 is 5.97 Å². The van der Waals surface area contributed by atoms with Crippen molar-refractivity contribution in [2.75, 3.05) is 6.54 Å². The lowest BCUT2D eigenvalue weighted by molar-refractivity contribution is -0.141. The predicted molar refractivity (Wildman–Crippen MR) is 95.5 cm³/mol. The van der Waals surface area contributed by atoms with Crippen LogP contribution < -0.4 is 0 Å². The first-order valence-electron chi connectivity index (χ1n) is 8.29. The van der Waals surface area contributed by atoms with Crippen molar-refractivity contribution in [1.82, 2.24) is 4.90 Å². The largest absolute Gasteiger partial charge is 0.480 e. The lowest BCUT2D eigenvalue weighted by atomic mass is 10.1. The van der Waals surface area contributed by atoms with Crippen molar-refractivity contribution < 1.29 is 23.1 Å². The van der Waals surface area contributed by atoms with Crippen molar-refractivity contribution in [3.63, 3.8) is 0 Å². The van der Waals surface area contributed by atoms with E-state index in [1.54, 1.807) is 24.3 Å². The molecule has 0 bridgehead atoms. The molecular weight excluding hydrogens is 354 g/mol. The van der Waals surface area contributed by atoms with E-state index in [-0.39, 0.29) is 22.1 Å². The van der Waals surface area contributed by atoms with Gasteiger partial charge in [0.15, 0.2) is 9.84 Å². The number of carboxylic acid groups (broad SMARTS) is 1. The number of sulfone groups is 1. The zero-order chi connectivity index (χ0) is 18.7. The summed E-state index contributed by atoms with van der Waals surface area (Å²) in [5, 5.41) is 9.20. The van der Waals surface area contributed by atoms with E-state index in [2.05, 4.69) is 0 Å². The van der Waals surface area contributed by atoms with Crippen LogP contribution in [0.5, 0.6) is 0 Å². The van der Waals surface area contributed by atoms with E-state index in [1.165, 1.54) is 29.2 Å². The second-order valence-electron chi connectivity index (χ2n) is 6.26. The topological polar surface area (TPSA) is 91.8 Å². The molecule has 0 aliphatic carbocycles. The zero-order valence-corrected chi connectivity index (χ0v) is 14.9. The van der Waals surface area contributed by atoms with Gasteiger partial charge in [0.25, 0.3) is 5.91 Å². The summed E-state index contributed by atoms with van der Waals surface area (Å²) in [4.78, 5) is 25.2. The quantitative estimate of drug-likeness (QED) is 0.869. The standard InChI is InChI=1S/C19H19NO5S/c21-18(20-12-4-7-17(20)19(22)23)15-8-10-16(11-9-15)26(24,25)13-14-5-2-1-3-6-14/h1-3,5-6,8-11,17H,4,7,12-13H2,(H,22,23)/t17-/m1/s1. The molecule has 0 aromatic heterocycles. The Balaban J connectivity index is 1.78. The summed E-state index contributed by atoms with van der Waals surface area (Å²) >= 11 is 0. The average Bonchev–Trinajstić information content (AvgIpc) is 3.12. The monoisotopic (exact) mass is 373 g/mol. The van der Waals surface area contributed by atoms with E-state index in [0.717, 1.165) is 0 Å². The number of hydrogen-bond acceptors (Lipinski definition) is 4. The molecule has 0 radical (unpaired) electrons. The second-order valence-corrected chi connectivity index (χ2v) is 8.25. The van der Waals surface area contributed by atoms with Crippen LogP contribution in [0.2, 0.25) is 0 Å². The predicted octanol–water partition coefficient (Wildman–Crippen LogP) is 2.35. The van der Waals surface area contributed by atoms with Crippen LogP contribution in [-0.2, 0) is 20.4 Å². The summed E-state index contributed by atoms with van der Waals surface area (Å²) in [6.07, 6.45) is 1.08. The highest BCUT2D eigenvalue weighted by Gasteiger charge is 2.34. The Labute approximate surface area is 152 Å². The van der Waals surface area contributed by atoms with Gasteiger partial charge < -0.3 is 10.0 Å². The van der Waals surface area contributed by atoms with Gasteiger partial charge in [-0.2, -0.15) is 0 Å². The third-order valence-corrected chi connectivity index (χ3v) is 6.16. The number of likely N-dealkylation sites (tertiary alicyclic amines) is 1. The Morgan fingerprint density at radius 3 is 2.31 bits per heavy atom. The Kier molecular flexibility index (Phi) is 5.08. The second kappa shape index (κ2) is 7.29. The molecule has 1 aliphatic heterocycles. The van der Waals surface area contributed by atoms with Crippen LogP contribution >= 0.6 is 0 Å². The molecule has 7 heteroatoms. The number of carboxylic acids is 1. The number of rotatable bonds is 5. The molecule has 2 aromatic carbocycles. The number of amides is 1. The van der Waals surface area contributed by atoms with Crippen molar-refractivity contribution in [2.45, 2.75) is 29.5 Å². The lowest BCUT2D eigenvalue weighted by Crippen LogP contribution is -2.40. The maximum atomic E-state index is 12.5. The third kappa shape index (κ3) is 3.77. The van der Waals surface area contributed by atoms with Crippen molar-refractivity contribution >= 4 is 21.7 Å². The van der Waals surface area contributed by atoms with Crippen LogP contribution in [0.4, 0.5) is 0 Å². The molecule has 1 amide bonds. The molecule has 1 N–H and O–H groups in total. The highest BCUT2D eigenvalue weighted by atomic mass is 32.2. The number of benzene rings is 2. The van der Waals surface area contributed by atoms with Crippen molar-refractivity contribution in [1.29, 1.82) is 0 Å². The molecule has 1 atom stereocenters. The highest BCUT2D eigenvalue weighted by molar-refractivity contribution is 7.90. The SMILES string of the molecule is O=C(O)[C@H]1CCCN1C(=O)c1ccc(S(=O)(=O)Cc2ccccc2)cc1. The van der Waals surface area contributed by atoms with Gasteiger partial charge in [0, 0.05) is 12.1 Å². The lowest BCUT2D eigenvalue weighted by Gasteiger charge is -2.21. The fourth-order valence-electron chi connectivity index (χ4n) is 3.11. The van der Waals surface area contributed by atoms with E-state index < -0.39 is 21.8 Å². The molecule has 1 aliphatic rings. The van der Waals surface area contributed by atoms with Crippen LogP contribution in [0.1, 0.15) is 28.8 Å². The highest BCUT2D eigenvalue weighted by Crippen LogP contribution is 2.22. The van der Waals surface area contributed by atoms with Crippen LogP contribution in [-0.4, -0.2) is 42.9 Å². The number of aliphatic carboxylic acids is 1. The van der Waals surface area contributed by atoms with E-state index >= 15 is 0 Å². The first-order valence-corrected chi connectivity index (χ1v) is 9.94. The molecule has 2 aromatic rings. The minimum Gasteiger partial charge on any atom is -0.480 e. The van der Waals surface area contributed by atoms with Gasteiger partial charge in [-0.1, -0.05) is 30.3 Å². The summed E-state index contributed by atoms with van der Waals surface area (Å²) in [5.41, 5.74) is 0.978. The summed E-state index contributed by atoms with van der Waals surface area (Å²) in [6, 6.07) is 13.7. The fourth-order valence-corrected chi connectivity index (χ4v) is 4.46. The maximum Gasteiger partial charge on any atom is 0.326 e. The number of hydrogen-bond donors (Lipinski definition) is 1. The van der Waals surface area contributed by atoms with E-state index in [4.69, 9.17) is 0 Å². The van der Waals surface area contributed by atoms with Gasteiger partial charge in [-0.15, -0.1) is 0 Å². The van der Waals surface area contributed by atoms with Gasteiger partial charge in [0.2, 0.25) is 0 Å². The van der Waals surface area contributed by atoms with Gasteiger partial charge in [-0.3, -0.25) is 4.79 Å². The zero-order valence-electron chi connectivity index (χ0n) is 14.0. The molecule has 0 unspecified atom stereocenters. The van der Waals surface area contributed by atoms with Crippen LogP contribution in [0, 0.1) is 0 Å². The summed E-state index contributed by atoms with van der Waals surface area (Å²) in [5.74, 6) is -1.52. The Bertz CT molecular complexity index is 907. The number of carbonyl (C=O) groups is 2. The Morgan fingerprint density at radius 1 is 1.04 bits per heavy atom. The van der Waals surface area contributed by atoms with Crippen LogP contribution in [0.15, 0.2) is 59.5 Å². The van der Waals surface area contributed by atoms with Crippen LogP contribution in [0.3, 0.4) is 0 Å². The molecule has 3 rings (SSSR count). The summed E-state index contributed by atoms with van der Waals surface area (Å²) < 4.78 is 25.0. The Morgan fingerprint density at radius 2 is 1.69 bits per heavy atom. The summed E-state index contributed by atoms with van der Waals surface area (Å²) in [6.45, 7) is 0.393. The molecule has 0 spiro atoms. The van der Waals surface area contributed by atoms with Crippen molar-refractivity contribution in [3.8, 4) is 0 Å². The normalized spacial score (nSPS) is 17.2. The van der Waals surface area contributed by atoms with Gasteiger partial charge in [-0.25, -0.2) is 13.2 Å². The minimum absolute atomic E-state index is 0.117. The van der Waals surface area contributed by atoms with Crippen molar-refractivity contribution in [3.05, 3.63) is 65.7 Å². The molecule has 26 heavy (non-hydrogen) atoms. The van der Waals surface area contributed by atoms with Crippen LogP contribution in [0.25, 0.3) is 0 Å². The number of nitrogens with zero attached hydrogens (tertiary/aromatic N) is 1. The fraction of sp³-hybridized carbons (Fsp3) is 0.263. The average molecular weight is 373 g/mol. The van der Waals surface area contributed by atoms with E-state index in [9.17, 15) is 23.1 Å². The molecule has 136 valence electrons. The van der Waals surface area contributed by atoms with E-state index in [0.29, 0.717) is 24.9 Å². The van der Waals surface area contributed by atoms with Gasteiger partial charge in [-0.05, 0) is 42.7 Å². The minimum atomic E-state index is -3.52. The molecule has 1 fully saturated rings. The Hall–Kier alpha value is -2.67. The molecule has 0 saturated carbocycles. The van der Waals surface area contributed by atoms with Crippen molar-refractivity contribution in [2.24, 2.45) is 0 Å². The smallest absolute Gasteiger partial charge is 0.326 e. The van der Waals surface area contributed by atoms with Gasteiger partial charge in [0.05, 0.1) is 10.6 Å². The van der Waals surface area contributed by atoms with E-state index in [1.807, 2.05) is 6.07 Å². The first kappa shape index (κ1) is 18.1. The third-order valence-electron chi connectivity index (χ3n) is 4.46. The molecule has 1 saturated heterocycles. The summed E-state index contributed by atoms with van der Waals surface area (Å²) in [7, 11) is -3.52. The first-order chi connectivity index (χ1) is 12.4. The number of carbonyl (C=O) groups excluding carboxylic acids is 1. The molecule has 6 nitrogen and oxygen atoms in total. The molecular formula is C19H19NO5S. The maximum absolute atomic E-state index is 12.5. The van der Waals surface area contributed by atoms with Gasteiger partial charge in [0.1, 0.15) is 6.04 Å².